The molecule has 16 heavy (non-hydrogen) atoms. The number of hydrogen-bond acceptors (Lipinski definition) is 5. The molecule has 1 aliphatic rings. The van der Waals surface area contributed by atoms with Crippen LogP contribution >= 0.6 is 12.6 Å². The molecule has 0 radical (unpaired) electrons. The zero-order valence-corrected chi connectivity index (χ0v) is 9.39. The lowest BCUT2D eigenvalue weighted by atomic mass is 10.1. The lowest BCUT2D eigenvalue weighted by Gasteiger charge is -2.14. The molecular formula is C10H10N4OS. The molecule has 1 fully saturated rings. The van der Waals surface area contributed by atoms with Crippen molar-refractivity contribution in [1.29, 1.82) is 5.26 Å². The fourth-order valence-corrected chi connectivity index (χ4v) is 1.89. The molecule has 0 spiro atoms. The number of carbonyl (C=O) groups excluding carboxylic acids is 1. The van der Waals surface area contributed by atoms with E-state index in [1.165, 1.54) is 12.4 Å². The minimum atomic E-state index is 0.0399. The van der Waals surface area contributed by atoms with E-state index in [1.54, 1.807) is 4.90 Å². The molecule has 0 aliphatic carbocycles. The van der Waals surface area contributed by atoms with E-state index in [9.17, 15) is 4.79 Å². The van der Waals surface area contributed by atoms with Gasteiger partial charge in [-0.2, -0.15) is 17.9 Å². The molecule has 1 aromatic heterocycles. The first-order valence-electron chi connectivity index (χ1n) is 4.88. The molecule has 1 saturated heterocycles. The highest BCUT2D eigenvalue weighted by atomic mass is 32.1. The molecule has 82 valence electrons. The second-order valence-corrected chi connectivity index (χ2v) is 3.99. The van der Waals surface area contributed by atoms with E-state index in [4.69, 9.17) is 5.26 Å². The van der Waals surface area contributed by atoms with Gasteiger partial charge in [0.2, 0.25) is 5.91 Å². The van der Waals surface area contributed by atoms with Crippen LogP contribution < -0.4 is 4.90 Å². The van der Waals surface area contributed by atoms with Crippen LogP contribution in [0.15, 0.2) is 12.4 Å². The van der Waals surface area contributed by atoms with E-state index in [-0.39, 0.29) is 17.5 Å². The molecule has 1 aromatic rings. The second kappa shape index (κ2) is 4.49. The van der Waals surface area contributed by atoms with Crippen LogP contribution in [0.4, 0.5) is 5.82 Å². The first-order chi connectivity index (χ1) is 7.74. The average molecular weight is 234 g/mol. The lowest BCUT2D eigenvalue weighted by Crippen LogP contribution is -2.25. The summed E-state index contributed by atoms with van der Waals surface area (Å²) in [5, 5.41) is 8.58. The molecule has 0 N–H and O–H groups in total. The molecule has 2 rings (SSSR count). The normalized spacial score (nSPS) is 19.9. The van der Waals surface area contributed by atoms with E-state index in [0.29, 0.717) is 24.5 Å². The zero-order valence-electron chi connectivity index (χ0n) is 8.50. The number of anilines is 1. The summed E-state index contributed by atoms with van der Waals surface area (Å²) in [5.41, 5.74) is 0.251. The summed E-state index contributed by atoms with van der Waals surface area (Å²) in [7, 11) is 0. The van der Waals surface area contributed by atoms with Gasteiger partial charge in [-0.15, -0.1) is 0 Å². The number of rotatable bonds is 2. The summed E-state index contributed by atoms with van der Waals surface area (Å²) in [5.74, 6) is 1.51. The van der Waals surface area contributed by atoms with Crippen molar-refractivity contribution >= 4 is 24.4 Å². The number of nitrogens with zero attached hydrogens (tertiary/aromatic N) is 4. The molecule has 5 nitrogen and oxygen atoms in total. The maximum atomic E-state index is 11.7. The van der Waals surface area contributed by atoms with Gasteiger partial charge in [0.25, 0.3) is 0 Å². The summed E-state index contributed by atoms with van der Waals surface area (Å²) >= 11 is 4.18. The first-order valence-corrected chi connectivity index (χ1v) is 5.51. The molecule has 6 heteroatoms. The van der Waals surface area contributed by atoms with Crippen molar-refractivity contribution in [2.24, 2.45) is 5.92 Å². The minimum Gasteiger partial charge on any atom is -0.295 e. The third-order valence-corrected chi connectivity index (χ3v) is 3.01. The Kier molecular flexibility index (Phi) is 3.06. The third-order valence-electron chi connectivity index (χ3n) is 2.49. The number of carbonyl (C=O) groups is 1. The zero-order chi connectivity index (χ0) is 11.5. The van der Waals surface area contributed by atoms with Crippen LogP contribution in [-0.2, 0) is 4.79 Å². The fraction of sp³-hybridized carbons (Fsp3) is 0.400. The number of aromatic nitrogens is 2. The van der Waals surface area contributed by atoms with Gasteiger partial charge in [-0.3, -0.25) is 9.69 Å². The predicted octanol–water partition coefficient (Wildman–Crippen LogP) is 0.631. The Morgan fingerprint density at radius 1 is 1.56 bits per heavy atom. The Bertz CT molecular complexity index is 439. The number of nitriles is 1. The second-order valence-electron chi connectivity index (χ2n) is 3.63. The molecule has 0 saturated carbocycles. The van der Waals surface area contributed by atoms with Crippen molar-refractivity contribution in [3.63, 3.8) is 0 Å². The highest BCUT2D eigenvalue weighted by Crippen LogP contribution is 2.23. The molecule has 2 heterocycles. The largest absolute Gasteiger partial charge is 0.295 e. The molecule has 0 aromatic carbocycles. The van der Waals surface area contributed by atoms with Crippen molar-refractivity contribution in [2.75, 3.05) is 17.2 Å². The lowest BCUT2D eigenvalue weighted by molar-refractivity contribution is -0.117. The van der Waals surface area contributed by atoms with E-state index in [2.05, 4.69) is 22.6 Å². The number of amides is 1. The van der Waals surface area contributed by atoms with Crippen LogP contribution in [0.25, 0.3) is 0 Å². The monoisotopic (exact) mass is 234 g/mol. The smallest absolute Gasteiger partial charge is 0.228 e. The van der Waals surface area contributed by atoms with Gasteiger partial charge in [-0.1, -0.05) is 0 Å². The molecule has 1 unspecified atom stereocenters. The van der Waals surface area contributed by atoms with Crippen molar-refractivity contribution < 1.29 is 4.79 Å². The summed E-state index contributed by atoms with van der Waals surface area (Å²) < 4.78 is 0. The summed E-state index contributed by atoms with van der Waals surface area (Å²) in [6, 6.07) is 1.89. The topological polar surface area (TPSA) is 69.9 Å². The minimum absolute atomic E-state index is 0.0399. The van der Waals surface area contributed by atoms with Gasteiger partial charge in [0, 0.05) is 13.0 Å². The van der Waals surface area contributed by atoms with Gasteiger partial charge in [0.1, 0.15) is 6.07 Å². The van der Waals surface area contributed by atoms with Gasteiger partial charge < -0.3 is 0 Å². The quantitative estimate of drug-likeness (QED) is 0.762. The van der Waals surface area contributed by atoms with Crippen molar-refractivity contribution in [2.45, 2.75) is 6.42 Å². The summed E-state index contributed by atoms with van der Waals surface area (Å²) in [6.07, 6.45) is 3.33. The fourth-order valence-electron chi connectivity index (χ4n) is 1.64. The maximum Gasteiger partial charge on any atom is 0.228 e. The highest BCUT2D eigenvalue weighted by Gasteiger charge is 2.30. The van der Waals surface area contributed by atoms with Crippen LogP contribution in [0.1, 0.15) is 12.1 Å². The maximum absolute atomic E-state index is 11.7. The van der Waals surface area contributed by atoms with Crippen LogP contribution in [0.5, 0.6) is 0 Å². The van der Waals surface area contributed by atoms with Crippen molar-refractivity contribution in [3.05, 3.63) is 18.1 Å². The molecule has 0 bridgehead atoms. The van der Waals surface area contributed by atoms with E-state index >= 15 is 0 Å². The van der Waals surface area contributed by atoms with E-state index < -0.39 is 0 Å². The Hall–Kier alpha value is -1.61. The summed E-state index contributed by atoms with van der Waals surface area (Å²) in [6.45, 7) is 0.628. The average Bonchev–Trinajstić information content (AvgIpc) is 2.71. The van der Waals surface area contributed by atoms with Crippen LogP contribution in [0.3, 0.4) is 0 Å². The Morgan fingerprint density at radius 2 is 2.38 bits per heavy atom. The first kappa shape index (κ1) is 10.9. The Balaban J connectivity index is 2.19. The van der Waals surface area contributed by atoms with Crippen LogP contribution in [-0.4, -0.2) is 28.2 Å². The van der Waals surface area contributed by atoms with Gasteiger partial charge in [-0.05, 0) is 11.7 Å². The SMILES string of the molecule is N#Cc1cnc(N2CC(CS)CC2=O)cn1. The standard InChI is InChI=1S/C10H10N4OS/c11-2-8-3-13-9(4-12-8)14-5-7(6-16)1-10(14)15/h3-4,7,16H,1,5-6H2. The van der Waals surface area contributed by atoms with Crippen molar-refractivity contribution in [1.82, 2.24) is 9.97 Å². The van der Waals surface area contributed by atoms with Crippen molar-refractivity contribution in [3.8, 4) is 6.07 Å². The van der Waals surface area contributed by atoms with Gasteiger partial charge >= 0.3 is 0 Å². The highest BCUT2D eigenvalue weighted by molar-refractivity contribution is 7.80. The summed E-state index contributed by atoms with van der Waals surface area (Å²) in [4.78, 5) is 21.2. The molecule has 1 atom stereocenters. The van der Waals surface area contributed by atoms with Gasteiger partial charge in [0.05, 0.1) is 12.4 Å². The van der Waals surface area contributed by atoms with E-state index in [0.717, 1.165) is 0 Å². The van der Waals surface area contributed by atoms with Gasteiger partial charge in [0.15, 0.2) is 11.5 Å². The molecular weight excluding hydrogens is 224 g/mol. The van der Waals surface area contributed by atoms with Crippen LogP contribution in [0, 0.1) is 17.2 Å². The molecule has 1 amide bonds. The molecule has 1 aliphatic heterocycles. The number of thiol groups is 1. The van der Waals surface area contributed by atoms with Gasteiger partial charge in [-0.25, -0.2) is 9.97 Å². The predicted molar refractivity (Wildman–Crippen MR) is 61.1 cm³/mol. The Morgan fingerprint density at radius 3 is 2.88 bits per heavy atom. The van der Waals surface area contributed by atoms with Crippen LogP contribution in [0.2, 0.25) is 0 Å². The Labute approximate surface area is 98.5 Å². The van der Waals surface area contributed by atoms with E-state index in [1.807, 2.05) is 6.07 Å². The number of hydrogen-bond donors (Lipinski definition) is 1. The third kappa shape index (κ3) is 1.99.